The van der Waals surface area contributed by atoms with Gasteiger partial charge in [0.15, 0.2) is 0 Å². The van der Waals surface area contributed by atoms with Crippen molar-refractivity contribution in [2.75, 3.05) is 26.2 Å². The normalized spacial score (nSPS) is 19.5. The highest BCUT2D eigenvalue weighted by Crippen LogP contribution is 2.42. The minimum absolute atomic E-state index is 0.224. The highest BCUT2D eigenvalue weighted by Gasteiger charge is 2.48. The van der Waals surface area contributed by atoms with E-state index in [1.807, 2.05) is 71.6 Å². The maximum Gasteiger partial charge on any atom is 0.229 e. The molecule has 2 aliphatic heterocycles. The number of carbonyl (C=O) groups is 1. The molecular weight excluding hydrogens is 536 g/mol. The van der Waals surface area contributed by atoms with E-state index in [0.29, 0.717) is 23.9 Å². The number of rotatable bonds is 7. The lowest BCUT2D eigenvalue weighted by atomic mass is 9.76. The van der Waals surface area contributed by atoms with Crippen molar-refractivity contribution in [3.63, 3.8) is 0 Å². The zero-order valence-electron chi connectivity index (χ0n) is 20.4. The van der Waals surface area contributed by atoms with Gasteiger partial charge < -0.3 is 14.9 Å². The summed E-state index contributed by atoms with van der Waals surface area (Å²) < 4.78 is 1.05. The molecule has 3 aromatic rings. The fourth-order valence-corrected chi connectivity index (χ4v) is 6.13. The van der Waals surface area contributed by atoms with Crippen LogP contribution in [0.5, 0.6) is 0 Å². The van der Waals surface area contributed by atoms with Crippen LogP contribution in [0, 0.1) is 5.41 Å². The van der Waals surface area contributed by atoms with E-state index in [1.165, 1.54) is 5.56 Å². The minimum atomic E-state index is -1.09. The van der Waals surface area contributed by atoms with Crippen LogP contribution in [-0.4, -0.2) is 47.0 Å². The number of likely N-dealkylation sites (tertiary alicyclic amines) is 2. The molecule has 0 bridgehead atoms. The summed E-state index contributed by atoms with van der Waals surface area (Å²) in [6, 6.07) is 25.6. The number of carbonyl (C=O) groups excluding carboxylic acids is 1. The van der Waals surface area contributed by atoms with Crippen molar-refractivity contribution in [2.45, 2.75) is 37.8 Å². The number of hydrogen-bond donors (Lipinski definition) is 1. The van der Waals surface area contributed by atoms with Crippen LogP contribution in [0.25, 0.3) is 0 Å². The summed E-state index contributed by atoms with van der Waals surface area (Å²) in [5.74, 6) is 0.312. The predicted molar refractivity (Wildman–Crippen MR) is 148 cm³/mol. The molecule has 2 heterocycles. The quantitative estimate of drug-likeness (QED) is 0.367. The number of nitrogens with zero attached hydrogens (tertiary/aromatic N) is 2. The molecule has 1 amide bonds. The van der Waals surface area contributed by atoms with Crippen molar-refractivity contribution in [3.05, 3.63) is 105 Å². The summed E-state index contributed by atoms with van der Waals surface area (Å²) in [5, 5.41) is 12.5. The van der Waals surface area contributed by atoms with Crippen LogP contribution in [0.1, 0.15) is 42.4 Å². The molecule has 1 N–H and O–H groups in total. The summed E-state index contributed by atoms with van der Waals surface area (Å²) in [6.45, 7) is 4.04. The average Bonchev–Trinajstić information content (AvgIpc) is 3.20. The van der Waals surface area contributed by atoms with Gasteiger partial charge in [-0.25, -0.2) is 0 Å². The Hall–Kier alpha value is -2.18. The Balaban J connectivity index is 1.22. The average molecular weight is 568 g/mol. The van der Waals surface area contributed by atoms with Crippen LogP contribution in [0.4, 0.5) is 0 Å². The van der Waals surface area contributed by atoms with Crippen LogP contribution in [0.2, 0.25) is 5.02 Å². The molecule has 188 valence electrons. The Labute approximate surface area is 227 Å². The minimum Gasteiger partial charge on any atom is -0.380 e. The molecule has 6 heteroatoms. The lowest BCUT2D eigenvalue weighted by molar-refractivity contribution is -0.139. The van der Waals surface area contributed by atoms with E-state index in [0.717, 1.165) is 61.0 Å². The molecule has 0 saturated carbocycles. The van der Waals surface area contributed by atoms with E-state index in [1.54, 1.807) is 0 Å². The molecule has 2 saturated heterocycles. The number of benzene rings is 3. The number of piperidine rings is 1. The molecule has 4 nitrogen and oxygen atoms in total. The Morgan fingerprint density at radius 3 is 2.14 bits per heavy atom. The zero-order valence-corrected chi connectivity index (χ0v) is 22.7. The Morgan fingerprint density at radius 1 is 0.861 bits per heavy atom. The van der Waals surface area contributed by atoms with Crippen molar-refractivity contribution in [1.29, 1.82) is 0 Å². The van der Waals surface area contributed by atoms with Gasteiger partial charge in [-0.2, -0.15) is 0 Å². The molecular formula is C30H32BrClN2O2. The van der Waals surface area contributed by atoms with Crippen LogP contribution >= 0.6 is 27.5 Å². The zero-order chi connectivity index (χ0) is 25.2. The molecule has 0 aliphatic carbocycles. The van der Waals surface area contributed by atoms with E-state index >= 15 is 0 Å². The van der Waals surface area contributed by atoms with Crippen molar-refractivity contribution >= 4 is 33.4 Å². The standard InChI is InChI=1S/C30H32BrClN2O2/c31-26-10-6-23(7-11-26)22-34-21-16-29(28(34)35)14-18-33(19-15-29)20-17-30(36,24-4-2-1-3-5-24)25-8-12-27(32)13-9-25/h1-13,36H,14-22H2. The second kappa shape index (κ2) is 10.7. The van der Waals surface area contributed by atoms with Crippen LogP contribution in [0.15, 0.2) is 83.3 Å². The summed E-state index contributed by atoms with van der Waals surface area (Å²) in [6.07, 6.45) is 3.28. The summed E-state index contributed by atoms with van der Waals surface area (Å²) in [4.78, 5) is 17.9. The van der Waals surface area contributed by atoms with Gasteiger partial charge in [-0.15, -0.1) is 0 Å². The smallest absolute Gasteiger partial charge is 0.229 e. The summed E-state index contributed by atoms with van der Waals surface area (Å²) in [7, 11) is 0. The van der Waals surface area contributed by atoms with Crippen molar-refractivity contribution in [2.24, 2.45) is 5.41 Å². The van der Waals surface area contributed by atoms with Crippen LogP contribution < -0.4 is 0 Å². The maximum absolute atomic E-state index is 13.4. The van der Waals surface area contributed by atoms with E-state index in [9.17, 15) is 9.90 Å². The number of amides is 1. The predicted octanol–water partition coefficient (Wildman–Crippen LogP) is 6.24. The number of hydrogen-bond acceptors (Lipinski definition) is 3. The lowest BCUT2D eigenvalue weighted by Gasteiger charge is -2.39. The molecule has 36 heavy (non-hydrogen) atoms. The fourth-order valence-electron chi connectivity index (χ4n) is 5.74. The SMILES string of the molecule is O=C1N(Cc2ccc(Br)cc2)CCC12CCN(CCC(O)(c1ccccc1)c1ccc(Cl)cc1)CC2. The van der Waals surface area contributed by atoms with Crippen molar-refractivity contribution < 1.29 is 9.90 Å². The molecule has 5 rings (SSSR count). The van der Waals surface area contributed by atoms with Gasteiger partial charge in [-0.1, -0.05) is 82.1 Å². The lowest BCUT2D eigenvalue weighted by Crippen LogP contribution is -2.45. The molecule has 1 atom stereocenters. The van der Waals surface area contributed by atoms with Gasteiger partial charge in [0, 0.05) is 29.1 Å². The first-order valence-corrected chi connectivity index (χ1v) is 13.9. The van der Waals surface area contributed by atoms with Gasteiger partial charge >= 0.3 is 0 Å². The monoisotopic (exact) mass is 566 g/mol. The number of halogens is 2. The first-order chi connectivity index (χ1) is 17.4. The molecule has 1 unspecified atom stereocenters. The largest absolute Gasteiger partial charge is 0.380 e. The number of aliphatic hydroxyl groups is 1. The second-order valence-corrected chi connectivity index (χ2v) is 11.6. The van der Waals surface area contributed by atoms with E-state index in [4.69, 9.17) is 11.6 Å². The van der Waals surface area contributed by atoms with Gasteiger partial charge in [0.1, 0.15) is 5.60 Å². The highest BCUT2D eigenvalue weighted by atomic mass is 79.9. The summed E-state index contributed by atoms with van der Waals surface area (Å²) in [5.41, 5.74) is 1.59. The molecule has 2 aliphatic rings. The molecule has 0 radical (unpaired) electrons. The van der Waals surface area contributed by atoms with Gasteiger partial charge in [0.2, 0.25) is 5.91 Å². The first-order valence-electron chi connectivity index (χ1n) is 12.7. The van der Waals surface area contributed by atoms with Crippen LogP contribution in [0.3, 0.4) is 0 Å². The summed E-state index contributed by atoms with van der Waals surface area (Å²) >= 11 is 9.60. The van der Waals surface area contributed by atoms with Crippen molar-refractivity contribution in [1.82, 2.24) is 9.80 Å². The molecule has 2 fully saturated rings. The third-order valence-corrected chi connectivity index (χ3v) is 8.84. The first kappa shape index (κ1) is 25.5. The van der Waals surface area contributed by atoms with Crippen LogP contribution in [-0.2, 0) is 16.9 Å². The van der Waals surface area contributed by atoms with E-state index in [-0.39, 0.29) is 5.41 Å². The third kappa shape index (κ3) is 5.26. The topological polar surface area (TPSA) is 43.8 Å². The van der Waals surface area contributed by atoms with E-state index in [2.05, 4.69) is 33.0 Å². The molecule has 3 aromatic carbocycles. The Morgan fingerprint density at radius 2 is 1.47 bits per heavy atom. The van der Waals surface area contributed by atoms with Gasteiger partial charge in [0.25, 0.3) is 0 Å². The van der Waals surface area contributed by atoms with Gasteiger partial charge in [-0.05, 0) is 79.7 Å². The molecule has 1 spiro atoms. The van der Waals surface area contributed by atoms with E-state index < -0.39 is 5.60 Å². The van der Waals surface area contributed by atoms with Crippen molar-refractivity contribution in [3.8, 4) is 0 Å². The fraction of sp³-hybridized carbons (Fsp3) is 0.367. The molecule has 0 aromatic heterocycles. The maximum atomic E-state index is 13.4. The highest BCUT2D eigenvalue weighted by molar-refractivity contribution is 9.10. The Kier molecular flexibility index (Phi) is 7.55. The van der Waals surface area contributed by atoms with Gasteiger partial charge in [-0.3, -0.25) is 4.79 Å². The van der Waals surface area contributed by atoms with Gasteiger partial charge in [0.05, 0.1) is 5.41 Å². The second-order valence-electron chi connectivity index (χ2n) is 10.2. The third-order valence-electron chi connectivity index (χ3n) is 8.06. The Bertz CT molecular complexity index is 1180.